The molecule has 2 heteroatoms. The van der Waals surface area contributed by atoms with Crippen LogP contribution in [0.25, 0.3) is 0 Å². The molecular formula is C7H9AsO. The third-order valence-corrected chi connectivity index (χ3v) is 2.21. The van der Waals surface area contributed by atoms with E-state index in [-0.39, 0.29) is 0 Å². The van der Waals surface area contributed by atoms with Crippen LogP contribution in [0.5, 0.6) is 5.75 Å². The molecule has 0 aliphatic heterocycles. The monoisotopic (exact) mass is 184 g/mol. The molecule has 0 aliphatic carbocycles. The molecule has 0 fully saturated rings. The minimum atomic E-state index is 0.412. The third kappa shape index (κ3) is 1.49. The Hall–Kier alpha value is -0.422. The number of hydrogen-bond donors (Lipinski definition) is 1. The topological polar surface area (TPSA) is 20.2 Å². The van der Waals surface area contributed by atoms with Gasteiger partial charge in [0, 0.05) is 0 Å². The van der Waals surface area contributed by atoms with Crippen LogP contribution in [0.15, 0.2) is 18.2 Å². The van der Waals surface area contributed by atoms with E-state index >= 15 is 0 Å². The van der Waals surface area contributed by atoms with Crippen LogP contribution in [0.1, 0.15) is 5.56 Å². The van der Waals surface area contributed by atoms with Crippen molar-refractivity contribution in [2.24, 2.45) is 0 Å². The Bertz CT molecular complexity index is 220. The van der Waals surface area contributed by atoms with Crippen LogP contribution in [-0.4, -0.2) is 22.0 Å². The molecule has 1 aromatic carbocycles. The molecule has 1 aromatic rings. The molecule has 48 valence electrons. The zero-order chi connectivity index (χ0) is 6.85. The van der Waals surface area contributed by atoms with Gasteiger partial charge in [-0.05, 0) is 0 Å². The molecular weight excluding hydrogens is 175 g/mol. The molecule has 1 unspecified atom stereocenters. The number of aryl methyl sites for hydroxylation is 1. The van der Waals surface area contributed by atoms with Crippen molar-refractivity contribution < 1.29 is 5.11 Å². The first kappa shape index (κ1) is 6.70. The molecule has 0 amide bonds. The second-order valence-corrected chi connectivity index (χ2v) is 3.37. The molecule has 0 bridgehead atoms. The fourth-order valence-electron chi connectivity index (χ4n) is 0.654. The van der Waals surface area contributed by atoms with E-state index in [1.54, 1.807) is 6.07 Å². The van der Waals surface area contributed by atoms with E-state index in [2.05, 4.69) is 0 Å². The van der Waals surface area contributed by atoms with Crippen molar-refractivity contribution in [3.63, 3.8) is 0 Å². The number of rotatable bonds is 0. The zero-order valence-electron chi connectivity index (χ0n) is 5.26. The summed E-state index contributed by atoms with van der Waals surface area (Å²) in [5, 5.41) is 9.12. The van der Waals surface area contributed by atoms with Gasteiger partial charge in [0.2, 0.25) is 0 Å². The van der Waals surface area contributed by atoms with Gasteiger partial charge in [0.25, 0.3) is 0 Å². The van der Waals surface area contributed by atoms with E-state index < -0.39 is 0 Å². The Balaban J connectivity index is 3.17. The molecule has 0 aromatic heterocycles. The van der Waals surface area contributed by atoms with Crippen molar-refractivity contribution in [2.75, 3.05) is 0 Å². The van der Waals surface area contributed by atoms with Crippen molar-refractivity contribution in [3.05, 3.63) is 23.8 Å². The molecule has 0 saturated carbocycles. The van der Waals surface area contributed by atoms with Crippen molar-refractivity contribution >= 4 is 21.2 Å². The van der Waals surface area contributed by atoms with Gasteiger partial charge in [-0.3, -0.25) is 0 Å². The van der Waals surface area contributed by atoms with Gasteiger partial charge in [-0.25, -0.2) is 0 Å². The van der Waals surface area contributed by atoms with Crippen LogP contribution in [0, 0.1) is 6.92 Å². The maximum absolute atomic E-state index is 9.12. The van der Waals surface area contributed by atoms with Crippen molar-refractivity contribution in [3.8, 4) is 5.75 Å². The first-order valence-electron chi connectivity index (χ1n) is 2.75. The molecule has 1 atom stereocenters. The predicted octanol–water partition coefficient (Wildman–Crippen LogP) is -0.0410. The van der Waals surface area contributed by atoms with E-state index in [1.165, 1.54) is 16.9 Å². The molecule has 0 saturated heterocycles. The number of hydrogen-bond acceptors (Lipinski definition) is 1. The predicted molar refractivity (Wildman–Crippen MR) is 41.0 cm³/mol. The maximum atomic E-state index is 9.12. The average molecular weight is 184 g/mol. The first-order valence-corrected chi connectivity index (χ1v) is 3.96. The molecule has 1 rings (SSSR count). The quantitative estimate of drug-likeness (QED) is 0.561. The number of phenols is 1. The van der Waals surface area contributed by atoms with E-state index in [9.17, 15) is 0 Å². The second-order valence-electron chi connectivity index (χ2n) is 2.06. The van der Waals surface area contributed by atoms with E-state index in [4.69, 9.17) is 5.11 Å². The van der Waals surface area contributed by atoms with Crippen LogP contribution >= 0.6 is 0 Å². The van der Waals surface area contributed by atoms with Gasteiger partial charge in [-0.15, -0.1) is 0 Å². The molecule has 1 N–H and O–H groups in total. The van der Waals surface area contributed by atoms with Crippen molar-refractivity contribution in [1.82, 2.24) is 0 Å². The summed E-state index contributed by atoms with van der Waals surface area (Å²) in [6, 6.07) is 5.71. The van der Waals surface area contributed by atoms with E-state index in [1.807, 2.05) is 19.1 Å². The standard InChI is InChI=1S/C7H9AsO/c1-5-2-3-6(8)7(9)4-5/h2-4,9H,8H2,1H3. The van der Waals surface area contributed by atoms with Crippen LogP contribution in [0.2, 0.25) is 0 Å². The van der Waals surface area contributed by atoms with Gasteiger partial charge >= 0.3 is 62.7 Å². The third-order valence-electron chi connectivity index (χ3n) is 1.19. The summed E-state index contributed by atoms with van der Waals surface area (Å²) in [6.45, 7) is 1.96. The Morgan fingerprint density at radius 1 is 1.44 bits per heavy atom. The SMILES string of the molecule is Cc1ccc([AsH2])c(O)c1. The second kappa shape index (κ2) is 2.45. The zero-order valence-corrected chi connectivity index (χ0v) is 7.68. The summed E-state index contributed by atoms with van der Waals surface area (Å²) in [6.07, 6.45) is 0. The number of phenolic OH excluding ortho intramolecular Hbond substituents is 1. The van der Waals surface area contributed by atoms with Crippen LogP contribution in [0.4, 0.5) is 0 Å². The fourth-order valence-corrected chi connectivity index (χ4v) is 1.03. The summed E-state index contributed by atoms with van der Waals surface area (Å²) in [5.74, 6) is 0.412. The number of aromatic hydroxyl groups is 1. The van der Waals surface area contributed by atoms with Crippen molar-refractivity contribution in [1.29, 1.82) is 0 Å². The summed E-state index contributed by atoms with van der Waals surface area (Å²) in [5.41, 5.74) is 1.11. The van der Waals surface area contributed by atoms with E-state index in [0.29, 0.717) is 5.75 Å². The van der Waals surface area contributed by atoms with Crippen LogP contribution < -0.4 is 4.35 Å². The summed E-state index contributed by atoms with van der Waals surface area (Å²) < 4.78 is 0.994. The number of benzene rings is 1. The minimum absolute atomic E-state index is 0.412. The van der Waals surface area contributed by atoms with Gasteiger partial charge in [0.15, 0.2) is 0 Å². The molecule has 0 heterocycles. The van der Waals surface area contributed by atoms with Gasteiger partial charge in [0.1, 0.15) is 0 Å². The normalized spacial score (nSPS) is 9.56. The Labute approximate surface area is 63.2 Å². The van der Waals surface area contributed by atoms with Crippen LogP contribution in [0.3, 0.4) is 0 Å². The molecule has 0 aliphatic rings. The van der Waals surface area contributed by atoms with Gasteiger partial charge < -0.3 is 0 Å². The van der Waals surface area contributed by atoms with Gasteiger partial charge in [-0.2, -0.15) is 0 Å². The van der Waals surface area contributed by atoms with Crippen LogP contribution in [-0.2, 0) is 0 Å². The molecule has 1 nitrogen and oxygen atoms in total. The van der Waals surface area contributed by atoms with Gasteiger partial charge in [-0.1, -0.05) is 0 Å². The Morgan fingerprint density at radius 3 is 2.56 bits per heavy atom. The van der Waals surface area contributed by atoms with Crippen molar-refractivity contribution in [2.45, 2.75) is 6.92 Å². The fraction of sp³-hybridized carbons (Fsp3) is 0.143. The summed E-state index contributed by atoms with van der Waals surface area (Å²) in [7, 11) is 0. The summed E-state index contributed by atoms with van der Waals surface area (Å²) >= 11 is 1.45. The van der Waals surface area contributed by atoms with Gasteiger partial charge in [0.05, 0.1) is 0 Å². The Kier molecular flexibility index (Phi) is 1.82. The molecule has 9 heavy (non-hydrogen) atoms. The van der Waals surface area contributed by atoms with E-state index in [0.717, 1.165) is 9.91 Å². The molecule has 0 spiro atoms. The Morgan fingerprint density at radius 2 is 2.11 bits per heavy atom. The first-order chi connectivity index (χ1) is 4.20. The molecule has 0 radical (unpaired) electrons. The summed E-state index contributed by atoms with van der Waals surface area (Å²) in [4.78, 5) is 0. The average Bonchev–Trinajstić information content (AvgIpc) is 1.80.